The van der Waals surface area contributed by atoms with Crippen LogP contribution in [0.15, 0.2) is 0 Å². The Kier molecular flexibility index (Phi) is 15.0. The summed E-state index contributed by atoms with van der Waals surface area (Å²) in [6.07, 6.45) is -2.65. The van der Waals surface area contributed by atoms with Gasteiger partial charge in [0.25, 0.3) is 0 Å². The highest BCUT2D eigenvalue weighted by atomic mass is 16.4. The van der Waals surface area contributed by atoms with E-state index in [-0.39, 0.29) is 5.92 Å². The minimum atomic E-state index is -1.65. The first kappa shape index (κ1) is 37.2. The summed E-state index contributed by atoms with van der Waals surface area (Å²) < 4.78 is 0. The van der Waals surface area contributed by atoms with Gasteiger partial charge in [0.05, 0.1) is 24.8 Å². The molecule has 0 saturated carbocycles. The summed E-state index contributed by atoms with van der Waals surface area (Å²) >= 11 is 0. The molecule has 17 heteroatoms. The maximum atomic E-state index is 13.1. The number of nitrogens with one attached hydrogen (secondary N) is 4. The molecule has 43 heavy (non-hydrogen) atoms. The summed E-state index contributed by atoms with van der Waals surface area (Å²) in [5, 5.41) is 47.0. The van der Waals surface area contributed by atoms with Gasteiger partial charge in [-0.2, -0.15) is 0 Å². The van der Waals surface area contributed by atoms with E-state index in [1.54, 1.807) is 0 Å². The SMILES string of the molecule is CC(C)CC(N)C(=O)N1CCCC1C(=O)NC(C(=O)NC(C(=O)NCC(=O)NC(CCC(=O)O)C(=O)O)C(C)O)C(C)O. The van der Waals surface area contributed by atoms with Crippen molar-refractivity contribution in [1.29, 1.82) is 0 Å². The van der Waals surface area contributed by atoms with Crippen LogP contribution in [0.3, 0.4) is 0 Å². The van der Waals surface area contributed by atoms with E-state index in [1.165, 1.54) is 11.8 Å². The molecule has 0 radical (unpaired) electrons. The Morgan fingerprint density at radius 2 is 1.47 bits per heavy atom. The number of hydrogen-bond acceptors (Lipinski definition) is 10. The molecule has 1 fully saturated rings. The lowest BCUT2D eigenvalue weighted by Gasteiger charge is -2.30. The van der Waals surface area contributed by atoms with Gasteiger partial charge in [-0.1, -0.05) is 13.8 Å². The van der Waals surface area contributed by atoms with Crippen LogP contribution in [-0.2, 0) is 33.6 Å². The van der Waals surface area contributed by atoms with Crippen molar-refractivity contribution in [3.8, 4) is 0 Å². The lowest BCUT2D eigenvalue weighted by atomic mass is 10.0. The van der Waals surface area contributed by atoms with E-state index >= 15 is 0 Å². The van der Waals surface area contributed by atoms with E-state index in [1.807, 2.05) is 13.8 Å². The van der Waals surface area contributed by atoms with Gasteiger partial charge in [0.2, 0.25) is 29.5 Å². The molecule has 7 unspecified atom stereocenters. The lowest BCUT2D eigenvalue weighted by molar-refractivity contribution is -0.143. The van der Waals surface area contributed by atoms with Crippen molar-refractivity contribution >= 4 is 41.5 Å². The number of nitrogens with zero attached hydrogens (tertiary/aromatic N) is 1. The average Bonchev–Trinajstić information content (AvgIpc) is 3.39. The van der Waals surface area contributed by atoms with Gasteiger partial charge in [0.1, 0.15) is 24.2 Å². The van der Waals surface area contributed by atoms with Gasteiger partial charge >= 0.3 is 11.9 Å². The number of aliphatic carboxylic acids is 2. The van der Waals surface area contributed by atoms with Crippen LogP contribution in [0, 0.1) is 5.92 Å². The van der Waals surface area contributed by atoms with Crippen LogP contribution in [-0.4, -0.2) is 122 Å². The van der Waals surface area contributed by atoms with Crippen LogP contribution in [0.5, 0.6) is 0 Å². The van der Waals surface area contributed by atoms with E-state index in [0.717, 1.165) is 6.92 Å². The number of carboxylic acids is 2. The number of likely N-dealkylation sites (tertiary alicyclic amines) is 1. The summed E-state index contributed by atoms with van der Waals surface area (Å²) in [7, 11) is 0. The van der Waals surface area contributed by atoms with Crippen LogP contribution in [0.4, 0.5) is 0 Å². The number of carbonyl (C=O) groups is 7. The first-order valence-corrected chi connectivity index (χ1v) is 14.0. The van der Waals surface area contributed by atoms with Crippen LogP contribution in [0.2, 0.25) is 0 Å². The molecule has 7 atom stereocenters. The number of aliphatic hydroxyl groups excluding tert-OH is 2. The molecule has 0 aromatic carbocycles. The van der Waals surface area contributed by atoms with E-state index < -0.39 is 103 Å². The Bertz CT molecular complexity index is 1040. The van der Waals surface area contributed by atoms with Crippen LogP contribution in [0.1, 0.15) is 59.8 Å². The largest absolute Gasteiger partial charge is 0.481 e. The molecule has 10 N–H and O–H groups in total. The molecule has 0 aromatic rings. The highest BCUT2D eigenvalue weighted by Crippen LogP contribution is 2.20. The fourth-order valence-electron chi connectivity index (χ4n) is 4.48. The molecule has 0 spiro atoms. The zero-order valence-corrected chi connectivity index (χ0v) is 24.7. The van der Waals surface area contributed by atoms with Gasteiger partial charge < -0.3 is 52.3 Å². The zero-order valence-electron chi connectivity index (χ0n) is 24.7. The Morgan fingerprint density at radius 3 is 1.98 bits per heavy atom. The van der Waals surface area contributed by atoms with E-state index in [4.69, 9.17) is 15.9 Å². The fourth-order valence-corrected chi connectivity index (χ4v) is 4.48. The predicted molar refractivity (Wildman–Crippen MR) is 149 cm³/mol. The summed E-state index contributed by atoms with van der Waals surface area (Å²) in [5.74, 6) is -6.78. The van der Waals surface area contributed by atoms with Crippen molar-refractivity contribution in [2.24, 2.45) is 11.7 Å². The Labute approximate surface area is 248 Å². The molecule has 1 heterocycles. The third-order valence-electron chi connectivity index (χ3n) is 6.71. The van der Waals surface area contributed by atoms with Crippen LogP contribution < -0.4 is 27.0 Å². The number of carboxylic acid groups (broad SMARTS) is 2. The number of amides is 5. The lowest BCUT2D eigenvalue weighted by Crippen LogP contribution is -2.61. The normalized spacial score (nSPS) is 18.9. The Morgan fingerprint density at radius 1 is 0.884 bits per heavy atom. The van der Waals surface area contributed by atoms with Gasteiger partial charge in [-0.3, -0.25) is 28.8 Å². The molecular formula is C26H44N6O11. The number of rotatable bonds is 17. The highest BCUT2D eigenvalue weighted by Gasteiger charge is 2.39. The Hall–Kier alpha value is -3.83. The molecule has 1 aliphatic heterocycles. The van der Waals surface area contributed by atoms with Gasteiger partial charge in [0.15, 0.2) is 0 Å². The summed E-state index contributed by atoms with van der Waals surface area (Å²) in [6.45, 7) is 5.71. The van der Waals surface area contributed by atoms with Crippen molar-refractivity contribution in [1.82, 2.24) is 26.2 Å². The minimum absolute atomic E-state index is 0.149. The van der Waals surface area contributed by atoms with E-state index in [9.17, 15) is 43.8 Å². The Balaban J connectivity index is 2.86. The van der Waals surface area contributed by atoms with E-state index in [0.29, 0.717) is 25.8 Å². The maximum Gasteiger partial charge on any atom is 0.326 e. The first-order valence-electron chi connectivity index (χ1n) is 14.0. The minimum Gasteiger partial charge on any atom is -0.481 e. The molecule has 0 aromatic heterocycles. The fraction of sp³-hybridized carbons (Fsp3) is 0.731. The molecule has 1 aliphatic rings. The molecule has 5 amide bonds. The van der Waals surface area contributed by atoms with Crippen molar-refractivity contribution in [3.05, 3.63) is 0 Å². The van der Waals surface area contributed by atoms with Gasteiger partial charge in [0, 0.05) is 13.0 Å². The zero-order chi connectivity index (χ0) is 33.0. The third-order valence-corrected chi connectivity index (χ3v) is 6.71. The summed E-state index contributed by atoms with van der Waals surface area (Å²) in [6, 6.07) is -6.51. The number of nitrogens with two attached hydrogens (primary N) is 1. The van der Waals surface area contributed by atoms with Crippen molar-refractivity contribution < 1.29 is 54.0 Å². The summed E-state index contributed by atoms with van der Waals surface area (Å²) in [4.78, 5) is 87.0. The van der Waals surface area contributed by atoms with Crippen molar-refractivity contribution in [2.45, 2.75) is 102 Å². The maximum absolute atomic E-state index is 13.1. The molecule has 1 rings (SSSR count). The van der Waals surface area contributed by atoms with Crippen molar-refractivity contribution in [2.75, 3.05) is 13.1 Å². The number of carbonyl (C=O) groups excluding carboxylic acids is 5. The van der Waals surface area contributed by atoms with Crippen LogP contribution in [0.25, 0.3) is 0 Å². The average molecular weight is 617 g/mol. The standard InChI is InChI=1S/C26H44N6O11/c1-12(2)10-15(27)25(41)32-9-5-6-17(32)22(38)30-21(14(4)34)24(40)31-20(13(3)33)23(39)28-11-18(35)29-16(26(42)43)7-8-19(36)37/h12-17,20-21,33-34H,5-11,27H2,1-4H3,(H,28,39)(H,29,35)(H,30,38)(H,31,40)(H,36,37)(H,42,43). The van der Waals surface area contributed by atoms with Gasteiger partial charge in [-0.15, -0.1) is 0 Å². The predicted octanol–water partition coefficient (Wildman–Crippen LogP) is -3.37. The molecule has 0 aliphatic carbocycles. The highest BCUT2D eigenvalue weighted by molar-refractivity contribution is 5.96. The number of hydrogen-bond donors (Lipinski definition) is 9. The quantitative estimate of drug-likeness (QED) is 0.0774. The second kappa shape index (κ2) is 17.3. The molecule has 17 nitrogen and oxygen atoms in total. The number of aliphatic hydroxyl groups is 2. The molecule has 1 saturated heterocycles. The topological polar surface area (TPSA) is 278 Å². The van der Waals surface area contributed by atoms with E-state index in [2.05, 4.69) is 21.3 Å². The van der Waals surface area contributed by atoms with Gasteiger partial charge in [-0.25, -0.2) is 4.79 Å². The second-order valence-electron chi connectivity index (χ2n) is 11.0. The van der Waals surface area contributed by atoms with Crippen molar-refractivity contribution in [3.63, 3.8) is 0 Å². The molecule has 0 bridgehead atoms. The third kappa shape index (κ3) is 12.1. The smallest absolute Gasteiger partial charge is 0.326 e. The van der Waals surface area contributed by atoms with Gasteiger partial charge in [-0.05, 0) is 45.4 Å². The molecule has 244 valence electrons. The van der Waals surface area contributed by atoms with Crippen LogP contribution >= 0.6 is 0 Å². The molecular weight excluding hydrogens is 572 g/mol. The summed E-state index contributed by atoms with van der Waals surface area (Å²) in [5.41, 5.74) is 6.01. The second-order valence-corrected chi connectivity index (χ2v) is 11.0. The monoisotopic (exact) mass is 616 g/mol. The first-order chi connectivity index (χ1) is 20.0.